The Morgan fingerprint density at radius 3 is 2.61 bits per heavy atom. The minimum absolute atomic E-state index is 0.0177. The number of rotatable bonds is 4. The van der Waals surface area contributed by atoms with Gasteiger partial charge in [-0.2, -0.15) is 0 Å². The monoisotopic (exact) mass is 452 g/mol. The summed E-state index contributed by atoms with van der Waals surface area (Å²) in [6, 6.07) is 1.81. The summed E-state index contributed by atoms with van der Waals surface area (Å²) in [7, 11) is 1.37. The zero-order valence-electron chi connectivity index (χ0n) is 20.0. The average molecular weight is 453 g/mol. The highest BCUT2D eigenvalue weighted by molar-refractivity contribution is 5.97. The molecule has 0 spiro atoms. The molecule has 6 nitrogen and oxygen atoms in total. The van der Waals surface area contributed by atoms with Crippen LogP contribution in [0.25, 0.3) is 0 Å². The van der Waals surface area contributed by atoms with E-state index in [9.17, 15) is 14.4 Å². The molecule has 0 bridgehead atoms. The largest absolute Gasteiger partial charge is 0.472 e. The lowest BCUT2D eigenvalue weighted by atomic mass is 9.48. The molecule has 1 aromatic heterocycles. The van der Waals surface area contributed by atoms with Crippen LogP contribution in [0, 0.1) is 28.1 Å². The van der Waals surface area contributed by atoms with Crippen molar-refractivity contribution in [3.8, 4) is 0 Å². The van der Waals surface area contributed by atoms with Crippen molar-refractivity contribution in [3.05, 3.63) is 60.1 Å². The lowest BCUT2D eigenvalue weighted by Gasteiger charge is -2.55. The number of hydrogen-bond donors (Lipinski definition) is 0. The molecule has 3 aliphatic rings. The first-order chi connectivity index (χ1) is 15.4. The summed E-state index contributed by atoms with van der Waals surface area (Å²) in [6.07, 6.45) is 9.27. The Morgan fingerprint density at radius 2 is 1.97 bits per heavy atom. The fourth-order valence-corrected chi connectivity index (χ4v) is 6.43. The molecule has 1 aromatic rings. The second-order valence-electron chi connectivity index (χ2n) is 10.6. The van der Waals surface area contributed by atoms with Gasteiger partial charge >= 0.3 is 11.9 Å². The lowest BCUT2D eigenvalue weighted by Crippen LogP contribution is -2.53. The highest BCUT2D eigenvalue weighted by Crippen LogP contribution is 2.62. The Labute approximate surface area is 194 Å². The van der Waals surface area contributed by atoms with Gasteiger partial charge in [-0.15, -0.1) is 0 Å². The van der Waals surface area contributed by atoms with Gasteiger partial charge in [0.1, 0.15) is 6.10 Å². The second kappa shape index (κ2) is 7.86. The predicted molar refractivity (Wildman–Crippen MR) is 122 cm³/mol. The van der Waals surface area contributed by atoms with Crippen LogP contribution in [0.4, 0.5) is 0 Å². The molecule has 0 aromatic carbocycles. The predicted octanol–water partition coefficient (Wildman–Crippen LogP) is 5.13. The molecule has 4 rings (SSSR count). The fraction of sp³-hybridized carbons (Fsp3) is 0.519. The molecule has 33 heavy (non-hydrogen) atoms. The lowest BCUT2D eigenvalue weighted by molar-refractivity contribution is -0.153. The summed E-state index contributed by atoms with van der Waals surface area (Å²) in [5.41, 5.74) is 0.651. The van der Waals surface area contributed by atoms with Crippen LogP contribution in [0.15, 0.2) is 59.0 Å². The number of cyclic esters (lactones) is 1. The van der Waals surface area contributed by atoms with Crippen molar-refractivity contribution >= 4 is 17.7 Å². The molecular formula is C27H32O6. The van der Waals surface area contributed by atoms with Crippen LogP contribution < -0.4 is 0 Å². The Morgan fingerprint density at radius 1 is 1.24 bits per heavy atom. The van der Waals surface area contributed by atoms with Gasteiger partial charge in [0.2, 0.25) is 0 Å². The van der Waals surface area contributed by atoms with Crippen LogP contribution in [-0.4, -0.2) is 24.8 Å². The molecule has 6 heteroatoms. The van der Waals surface area contributed by atoms with E-state index < -0.39 is 28.3 Å². The molecule has 1 fully saturated rings. The summed E-state index contributed by atoms with van der Waals surface area (Å²) in [5, 5.41) is 0. The molecule has 1 aliphatic heterocycles. The number of hydrogen-bond acceptors (Lipinski definition) is 6. The normalized spacial score (nSPS) is 35.5. The van der Waals surface area contributed by atoms with Crippen molar-refractivity contribution in [2.45, 2.75) is 53.1 Å². The van der Waals surface area contributed by atoms with E-state index in [1.54, 1.807) is 18.6 Å². The Bertz CT molecular complexity index is 1060. The van der Waals surface area contributed by atoms with E-state index in [0.717, 1.165) is 16.7 Å². The molecule has 176 valence electrons. The number of methoxy groups -OCH3 is 1. The molecule has 0 N–H and O–H groups in total. The van der Waals surface area contributed by atoms with E-state index in [1.807, 2.05) is 32.9 Å². The molecule has 0 saturated heterocycles. The molecule has 0 unspecified atom stereocenters. The van der Waals surface area contributed by atoms with Crippen LogP contribution in [0.2, 0.25) is 0 Å². The van der Waals surface area contributed by atoms with Crippen molar-refractivity contribution < 1.29 is 28.3 Å². The van der Waals surface area contributed by atoms with Crippen LogP contribution in [0.5, 0.6) is 0 Å². The Balaban J connectivity index is 1.77. The van der Waals surface area contributed by atoms with Crippen LogP contribution in [0.3, 0.4) is 0 Å². The first kappa shape index (κ1) is 23.3. The van der Waals surface area contributed by atoms with E-state index in [4.69, 9.17) is 13.9 Å². The van der Waals surface area contributed by atoms with Gasteiger partial charge in [-0.1, -0.05) is 40.3 Å². The third-order valence-corrected chi connectivity index (χ3v) is 8.39. The van der Waals surface area contributed by atoms with Crippen molar-refractivity contribution in [1.29, 1.82) is 0 Å². The van der Waals surface area contributed by atoms with Gasteiger partial charge in [-0.05, 0) is 53.4 Å². The van der Waals surface area contributed by atoms with Crippen LogP contribution >= 0.6 is 0 Å². The van der Waals surface area contributed by atoms with Crippen molar-refractivity contribution in [2.75, 3.05) is 7.11 Å². The van der Waals surface area contributed by atoms with Crippen molar-refractivity contribution in [3.63, 3.8) is 0 Å². The quantitative estimate of drug-likeness (QED) is 0.589. The molecule has 1 saturated carbocycles. The molecular weight excluding hydrogens is 420 g/mol. The molecule has 0 amide bonds. The number of ether oxygens (including phenoxy) is 2. The highest BCUT2D eigenvalue weighted by atomic mass is 16.5. The van der Waals surface area contributed by atoms with E-state index in [0.29, 0.717) is 12.8 Å². The zero-order valence-corrected chi connectivity index (χ0v) is 20.0. The fourth-order valence-electron chi connectivity index (χ4n) is 6.43. The maximum Gasteiger partial charge on any atom is 0.331 e. The SMILES string of the molecule is C=C1C2=CC(=O)O[C@H](c3ccoc3)[C@@]2(C)CC[C@H]1[C@@]1(C)C(=O)C=CC(C)(C)[C@@H]1CC(=O)OC. The van der Waals surface area contributed by atoms with Crippen LogP contribution in [-0.2, 0) is 23.9 Å². The standard InChI is InChI=1S/C27H32O6/c1-16-18(27(5)20(14-22(29)31-6)25(2,3)10-8-21(27)28)7-11-26(4)19(16)13-23(30)33-24(26)17-9-12-32-15-17/h8-10,12-13,15,18,20,24H,1,7,11,14H2,2-6H3/t18-,20+,24-,26+,27-/m1/s1. The third-order valence-electron chi connectivity index (χ3n) is 8.39. The second-order valence-corrected chi connectivity index (χ2v) is 10.6. The van der Waals surface area contributed by atoms with E-state index in [2.05, 4.69) is 13.5 Å². The molecule has 5 atom stereocenters. The zero-order chi connectivity index (χ0) is 24.2. The van der Waals surface area contributed by atoms with Gasteiger partial charge in [-0.3, -0.25) is 9.59 Å². The van der Waals surface area contributed by atoms with Crippen molar-refractivity contribution in [1.82, 2.24) is 0 Å². The first-order valence-electron chi connectivity index (χ1n) is 11.4. The van der Waals surface area contributed by atoms with E-state index >= 15 is 0 Å². The number of esters is 2. The first-order valence-corrected chi connectivity index (χ1v) is 11.4. The van der Waals surface area contributed by atoms with E-state index in [-0.39, 0.29) is 30.0 Å². The van der Waals surface area contributed by atoms with Gasteiger partial charge in [0.05, 0.1) is 26.1 Å². The summed E-state index contributed by atoms with van der Waals surface area (Å²) in [6.45, 7) is 12.5. The minimum atomic E-state index is -0.863. The summed E-state index contributed by atoms with van der Waals surface area (Å²) in [4.78, 5) is 38.4. The average Bonchev–Trinajstić information content (AvgIpc) is 3.29. The van der Waals surface area contributed by atoms with Gasteiger partial charge in [0, 0.05) is 22.5 Å². The van der Waals surface area contributed by atoms with Gasteiger partial charge in [-0.25, -0.2) is 4.79 Å². The minimum Gasteiger partial charge on any atom is -0.472 e. The number of ketones is 1. The summed E-state index contributed by atoms with van der Waals surface area (Å²) in [5.74, 6) is -1.28. The number of furan rings is 1. The van der Waals surface area contributed by atoms with Crippen molar-refractivity contribution in [2.24, 2.45) is 28.1 Å². The van der Waals surface area contributed by atoms with Gasteiger partial charge < -0.3 is 13.9 Å². The molecule has 2 heterocycles. The number of allylic oxidation sites excluding steroid dienone is 3. The van der Waals surface area contributed by atoms with E-state index in [1.165, 1.54) is 13.2 Å². The summed E-state index contributed by atoms with van der Waals surface area (Å²) < 4.78 is 16.0. The maximum atomic E-state index is 13.5. The number of fused-ring (bicyclic) bond motifs is 1. The Hall–Kier alpha value is -2.89. The van der Waals surface area contributed by atoms with Crippen LogP contribution in [0.1, 0.15) is 58.6 Å². The molecule has 2 aliphatic carbocycles. The third kappa shape index (κ3) is 3.51. The smallest absolute Gasteiger partial charge is 0.331 e. The van der Waals surface area contributed by atoms with Gasteiger partial charge in [0.15, 0.2) is 5.78 Å². The molecule has 0 radical (unpaired) electrons. The summed E-state index contributed by atoms with van der Waals surface area (Å²) >= 11 is 0. The number of carbonyl (C=O) groups excluding carboxylic acids is 3. The number of carbonyl (C=O) groups is 3. The highest BCUT2D eigenvalue weighted by Gasteiger charge is 2.59. The maximum absolute atomic E-state index is 13.5. The Kier molecular flexibility index (Phi) is 5.54. The topological polar surface area (TPSA) is 82.8 Å². The van der Waals surface area contributed by atoms with Gasteiger partial charge in [0.25, 0.3) is 0 Å².